The van der Waals surface area contributed by atoms with Crippen LogP contribution >= 0.6 is 0 Å². The molecule has 3 aromatic carbocycles. The molecule has 0 unspecified atom stereocenters. The molecule has 0 aliphatic heterocycles. The maximum absolute atomic E-state index is 13.6. The number of amides is 1. The normalized spacial score (nSPS) is 11.1. The average molecular weight is 370 g/mol. The fourth-order valence-corrected chi connectivity index (χ4v) is 3.29. The molecule has 0 bridgehead atoms. The van der Waals surface area contributed by atoms with E-state index in [2.05, 4.69) is 5.43 Å². The first-order valence-corrected chi connectivity index (χ1v) is 9.18. The summed E-state index contributed by atoms with van der Waals surface area (Å²) in [5, 5.41) is 0. The van der Waals surface area contributed by atoms with E-state index in [1.54, 1.807) is 18.2 Å². The third-order valence-corrected chi connectivity index (χ3v) is 4.94. The molecule has 7 heteroatoms. The molecule has 0 aliphatic rings. The Balaban J connectivity index is 1.76. The lowest BCUT2D eigenvalue weighted by Gasteiger charge is -2.10. The van der Waals surface area contributed by atoms with Gasteiger partial charge in [-0.1, -0.05) is 54.6 Å². The van der Waals surface area contributed by atoms with Gasteiger partial charge in [-0.15, -0.1) is 4.83 Å². The standard InChI is InChI=1S/C19H15FN2O3S/c20-17-11-4-5-12-18(17)26(24,25)22-21-19(23)16-10-6-9-15(13-16)14-7-2-1-3-8-14/h1-13,22H,(H,21,23). The minimum absolute atomic E-state index is 0.266. The van der Waals surface area contributed by atoms with Crippen LogP contribution in [0.5, 0.6) is 0 Å². The average Bonchev–Trinajstić information content (AvgIpc) is 2.67. The molecule has 0 saturated heterocycles. The summed E-state index contributed by atoms with van der Waals surface area (Å²) in [5.74, 6) is -1.55. The Morgan fingerprint density at radius 3 is 2.19 bits per heavy atom. The number of sulfonamides is 1. The van der Waals surface area contributed by atoms with Gasteiger partial charge in [0.1, 0.15) is 10.7 Å². The molecule has 5 nitrogen and oxygen atoms in total. The van der Waals surface area contributed by atoms with Gasteiger partial charge in [-0.3, -0.25) is 10.2 Å². The second-order valence-electron chi connectivity index (χ2n) is 5.44. The fourth-order valence-electron chi connectivity index (χ4n) is 2.37. The SMILES string of the molecule is O=C(NNS(=O)(=O)c1ccccc1F)c1cccc(-c2ccccc2)c1. The molecular formula is C19H15FN2O3S. The van der Waals surface area contributed by atoms with Crippen LogP contribution in [0.4, 0.5) is 4.39 Å². The summed E-state index contributed by atoms with van der Waals surface area (Å²) in [6, 6.07) is 21.1. The first kappa shape index (κ1) is 17.8. The Morgan fingerprint density at radius 2 is 1.46 bits per heavy atom. The predicted octanol–water partition coefficient (Wildman–Crippen LogP) is 3.12. The largest absolute Gasteiger partial charge is 0.273 e. The van der Waals surface area contributed by atoms with E-state index in [4.69, 9.17) is 0 Å². The molecule has 26 heavy (non-hydrogen) atoms. The highest BCUT2D eigenvalue weighted by Gasteiger charge is 2.19. The fraction of sp³-hybridized carbons (Fsp3) is 0. The van der Waals surface area contributed by atoms with Crippen molar-refractivity contribution in [3.8, 4) is 11.1 Å². The third-order valence-electron chi connectivity index (χ3n) is 3.66. The van der Waals surface area contributed by atoms with Crippen LogP contribution in [0.1, 0.15) is 10.4 Å². The molecule has 0 aliphatic carbocycles. The molecule has 3 aromatic rings. The van der Waals surface area contributed by atoms with Gasteiger partial charge in [0.05, 0.1) is 0 Å². The summed E-state index contributed by atoms with van der Waals surface area (Å²) in [5.41, 5.74) is 4.11. The first-order chi connectivity index (χ1) is 12.5. The zero-order valence-electron chi connectivity index (χ0n) is 13.5. The van der Waals surface area contributed by atoms with Crippen molar-refractivity contribution in [2.75, 3.05) is 0 Å². The molecule has 0 radical (unpaired) electrons. The molecule has 132 valence electrons. The molecular weight excluding hydrogens is 355 g/mol. The van der Waals surface area contributed by atoms with E-state index >= 15 is 0 Å². The van der Waals surface area contributed by atoms with Crippen molar-refractivity contribution >= 4 is 15.9 Å². The summed E-state index contributed by atoms with van der Waals surface area (Å²) in [6.07, 6.45) is 0. The molecule has 0 saturated carbocycles. The van der Waals surface area contributed by atoms with E-state index < -0.39 is 26.6 Å². The van der Waals surface area contributed by atoms with Crippen LogP contribution in [0.25, 0.3) is 11.1 Å². The summed E-state index contributed by atoms with van der Waals surface area (Å²) >= 11 is 0. The van der Waals surface area contributed by atoms with Crippen molar-refractivity contribution in [1.29, 1.82) is 0 Å². The number of hydrogen-bond acceptors (Lipinski definition) is 3. The number of carbonyl (C=O) groups is 1. The van der Waals surface area contributed by atoms with Gasteiger partial charge in [0.15, 0.2) is 0 Å². The third kappa shape index (κ3) is 3.96. The van der Waals surface area contributed by atoms with Crippen molar-refractivity contribution in [2.24, 2.45) is 0 Å². The zero-order valence-corrected chi connectivity index (χ0v) is 14.3. The summed E-state index contributed by atoms with van der Waals surface area (Å²) in [6.45, 7) is 0. The van der Waals surface area contributed by atoms with Gasteiger partial charge in [-0.2, -0.15) is 0 Å². The van der Waals surface area contributed by atoms with Crippen LogP contribution in [-0.2, 0) is 10.0 Å². The molecule has 0 heterocycles. The van der Waals surface area contributed by atoms with E-state index in [9.17, 15) is 17.6 Å². The highest BCUT2D eigenvalue weighted by Crippen LogP contribution is 2.20. The lowest BCUT2D eigenvalue weighted by atomic mass is 10.0. The van der Waals surface area contributed by atoms with Crippen molar-refractivity contribution in [2.45, 2.75) is 4.90 Å². The topological polar surface area (TPSA) is 75.3 Å². The number of benzene rings is 3. The molecule has 0 fully saturated rings. The monoisotopic (exact) mass is 370 g/mol. The second kappa shape index (κ2) is 7.47. The number of rotatable bonds is 5. The zero-order chi connectivity index (χ0) is 18.6. The van der Waals surface area contributed by atoms with Crippen LogP contribution in [0, 0.1) is 5.82 Å². The molecule has 2 N–H and O–H groups in total. The van der Waals surface area contributed by atoms with Crippen molar-refractivity contribution in [1.82, 2.24) is 10.3 Å². The van der Waals surface area contributed by atoms with Gasteiger partial charge >= 0.3 is 0 Å². The summed E-state index contributed by atoms with van der Waals surface area (Å²) in [4.78, 5) is 13.6. The number of nitrogens with one attached hydrogen (secondary N) is 2. The lowest BCUT2D eigenvalue weighted by Crippen LogP contribution is -2.41. The summed E-state index contributed by atoms with van der Waals surface area (Å²) < 4.78 is 37.9. The molecule has 3 rings (SSSR count). The van der Waals surface area contributed by atoms with E-state index in [-0.39, 0.29) is 5.56 Å². The highest BCUT2D eigenvalue weighted by atomic mass is 32.2. The van der Waals surface area contributed by atoms with Crippen molar-refractivity contribution in [3.63, 3.8) is 0 Å². The van der Waals surface area contributed by atoms with Crippen molar-refractivity contribution in [3.05, 3.63) is 90.2 Å². The lowest BCUT2D eigenvalue weighted by molar-refractivity contribution is 0.0945. The highest BCUT2D eigenvalue weighted by molar-refractivity contribution is 7.89. The number of hydrogen-bond donors (Lipinski definition) is 2. The van der Waals surface area contributed by atoms with Crippen LogP contribution in [0.2, 0.25) is 0 Å². The van der Waals surface area contributed by atoms with E-state index in [0.717, 1.165) is 23.3 Å². The van der Waals surface area contributed by atoms with Crippen LogP contribution < -0.4 is 10.3 Å². The quantitative estimate of drug-likeness (QED) is 0.678. The Morgan fingerprint density at radius 1 is 0.808 bits per heavy atom. The smallest absolute Gasteiger partial charge is 0.266 e. The van der Waals surface area contributed by atoms with Crippen LogP contribution in [0.15, 0.2) is 83.8 Å². The van der Waals surface area contributed by atoms with Gasteiger partial charge < -0.3 is 0 Å². The predicted molar refractivity (Wildman–Crippen MR) is 96.1 cm³/mol. The number of halogens is 1. The Bertz CT molecular complexity index is 1040. The number of carbonyl (C=O) groups excluding carboxylic acids is 1. The Labute approximate surface area is 150 Å². The van der Waals surface area contributed by atoms with E-state index in [1.165, 1.54) is 12.1 Å². The van der Waals surface area contributed by atoms with E-state index in [0.29, 0.717) is 0 Å². The van der Waals surface area contributed by atoms with Crippen LogP contribution in [0.3, 0.4) is 0 Å². The van der Waals surface area contributed by atoms with Gasteiger partial charge in [0, 0.05) is 5.56 Å². The van der Waals surface area contributed by atoms with Crippen LogP contribution in [-0.4, -0.2) is 14.3 Å². The Hall–Kier alpha value is -3.03. The van der Waals surface area contributed by atoms with Gasteiger partial charge in [0.25, 0.3) is 15.9 Å². The first-order valence-electron chi connectivity index (χ1n) is 7.69. The maximum atomic E-state index is 13.6. The van der Waals surface area contributed by atoms with Crippen molar-refractivity contribution < 1.29 is 17.6 Å². The van der Waals surface area contributed by atoms with E-state index in [1.807, 2.05) is 41.2 Å². The molecule has 1 amide bonds. The maximum Gasteiger partial charge on any atom is 0.266 e. The van der Waals surface area contributed by atoms with Gasteiger partial charge in [-0.25, -0.2) is 12.8 Å². The molecule has 0 spiro atoms. The summed E-state index contributed by atoms with van der Waals surface area (Å²) in [7, 11) is -4.21. The number of hydrazine groups is 1. The van der Waals surface area contributed by atoms with Gasteiger partial charge in [-0.05, 0) is 35.4 Å². The minimum atomic E-state index is -4.21. The van der Waals surface area contributed by atoms with Gasteiger partial charge in [0.2, 0.25) is 0 Å². The molecule has 0 atom stereocenters. The Kier molecular flexibility index (Phi) is 5.11. The second-order valence-corrected chi connectivity index (χ2v) is 7.09. The minimum Gasteiger partial charge on any atom is -0.273 e. The molecule has 0 aromatic heterocycles.